The molecule has 6 rings (SSSR count). The predicted molar refractivity (Wildman–Crippen MR) is 212 cm³/mol. The molecule has 276 valence electrons. The van der Waals surface area contributed by atoms with E-state index in [4.69, 9.17) is 4.74 Å². The van der Waals surface area contributed by atoms with E-state index in [-0.39, 0.29) is 23.8 Å². The van der Waals surface area contributed by atoms with E-state index in [1.54, 1.807) is 68.4 Å². The van der Waals surface area contributed by atoms with Gasteiger partial charge in [-0.3, -0.25) is 19.3 Å². The van der Waals surface area contributed by atoms with E-state index in [2.05, 4.69) is 33.0 Å². The fourth-order valence-corrected chi connectivity index (χ4v) is 8.15. The number of benzene rings is 4. The number of esters is 1. The van der Waals surface area contributed by atoms with Crippen LogP contribution in [0.5, 0.6) is 0 Å². The number of hydrogen-bond donors (Lipinski definition) is 3. The van der Waals surface area contributed by atoms with E-state index in [1.165, 1.54) is 52.9 Å². The summed E-state index contributed by atoms with van der Waals surface area (Å²) in [6, 6.07) is 31.5. The number of fused-ring (bicyclic) bond motifs is 1. The average molecular weight is 763 g/mol. The average Bonchev–Trinajstić information content (AvgIpc) is 3.53. The molecule has 0 saturated carbocycles. The highest BCUT2D eigenvalue weighted by Gasteiger charge is 2.30. The first-order valence-electron chi connectivity index (χ1n) is 17.5. The van der Waals surface area contributed by atoms with Gasteiger partial charge in [0.05, 0.1) is 17.4 Å². The number of amides is 3. The van der Waals surface area contributed by atoms with Gasteiger partial charge in [-0.2, -0.15) is 0 Å². The van der Waals surface area contributed by atoms with Crippen molar-refractivity contribution < 1.29 is 28.3 Å². The van der Waals surface area contributed by atoms with Crippen LogP contribution in [0.15, 0.2) is 120 Å². The molecule has 5 aromatic rings. The normalized spacial score (nSPS) is 13.4. The van der Waals surface area contributed by atoms with E-state index in [0.717, 1.165) is 23.5 Å². The summed E-state index contributed by atoms with van der Waals surface area (Å²) >= 11 is 2.69. The fourth-order valence-electron chi connectivity index (χ4n) is 5.95. The Morgan fingerprint density at radius 1 is 0.926 bits per heavy atom. The lowest BCUT2D eigenvalue weighted by Gasteiger charge is -2.27. The minimum atomic E-state index is -0.661. The molecule has 3 N–H and O–H groups in total. The maximum absolute atomic E-state index is 14.6. The molecule has 1 atom stereocenters. The molecule has 0 spiro atoms. The van der Waals surface area contributed by atoms with Crippen molar-refractivity contribution in [2.24, 2.45) is 0 Å². The van der Waals surface area contributed by atoms with Crippen molar-refractivity contribution in [3.05, 3.63) is 153 Å². The first-order chi connectivity index (χ1) is 26.2. The highest BCUT2D eigenvalue weighted by molar-refractivity contribution is 8.00. The Morgan fingerprint density at radius 3 is 2.39 bits per heavy atom. The molecule has 0 aliphatic carbocycles. The zero-order valence-electron chi connectivity index (χ0n) is 29.8. The van der Waals surface area contributed by atoms with Crippen molar-refractivity contribution in [2.75, 3.05) is 23.8 Å². The van der Waals surface area contributed by atoms with Crippen molar-refractivity contribution in [3.63, 3.8) is 0 Å². The summed E-state index contributed by atoms with van der Waals surface area (Å²) in [5.41, 5.74) is 3.26. The Bertz CT molecular complexity index is 2170. The smallest absolute Gasteiger partial charge is 0.341 e. The second-order valence-electron chi connectivity index (χ2n) is 12.5. The molecule has 1 aliphatic heterocycles. The monoisotopic (exact) mass is 762 g/mol. The van der Waals surface area contributed by atoms with E-state index in [0.29, 0.717) is 39.7 Å². The van der Waals surface area contributed by atoms with Crippen LogP contribution in [0.4, 0.5) is 15.1 Å². The van der Waals surface area contributed by atoms with E-state index >= 15 is 0 Å². The fraction of sp³-hybridized carbons (Fsp3) is 0.190. The summed E-state index contributed by atoms with van der Waals surface area (Å²) in [5.74, 6) is -2.48. The van der Waals surface area contributed by atoms with E-state index < -0.39 is 28.9 Å². The number of anilines is 2. The Labute approximate surface area is 321 Å². The molecule has 0 bridgehead atoms. The molecule has 54 heavy (non-hydrogen) atoms. The van der Waals surface area contributed by atoms with Gasteiger partial charge in [0.1, 0.15) is 16.5 Å². The summed E-state index contributed by atoms with van der Waals surface area (Å²) in [7, 11) is 0. The Hall–Kier alpha value is -5.56. The molecule has 4 aromatic carbocycles. The lowest BCUT2D eigenvalue weighted by atomic mass is 10.0. The van der Waals surface area contributed by atoms with Crippen LogP contribution in [-0.2, 0) is 33.8 Å². The second kappa shape index (κ2) is 18.0. The van der Waals surface area contributed by atoms with Gasteiger partial charge in [-0.05, 0) is 73.9 Å². The molecule has 2 heterocycles. The zero-order valence-corrected chi connectivity index (χ0v) is 31.4. The van der Waals surface area contributed by atoms with Crippen LogP contribution in [0.25, 0.3) is 6.08 Å². The minimum Gasteiger partial charge on any atom is -0.462 e. The largest absolute Gasteiger partial charge is 0.462 e. The van der Waals surface area contributed by atoms with Crippen molar-refractivity contribution >= 4 is 63.6 Å². The van der Waals surface area contributed by atoms with Gasteiger partial charge in [0, 0.05) is 46.2 Å². The number of halogens is 1. The Balaban J connectivity index is 1.14. The zero-order chi connectivity index (χ0) is 38.0. The van der Waals surface area contributed by atoms with Gasteiger partial charge in [-0.25, -0.2) is 9.18 Å². The third kappa shape index (κ3) is 9.70. The molecular formula is C42H39FN4O5S2. The molecule has 0 fully saturated rings. The molecule has 9 nitrogen and oxygen atoms in total. The van der Waals surface area contributed by atoms with Crippen LogP contribution in [-0.4, -0.2) is 47.0 Å². The number of nitrogens with zero attached hydrogens (tertiary/aromatic N) is 1. The second-order valence-corrected chi connectivity index (χ2v) is 15.0. The number of carbonyl (C=O) groups excluding carboxylic acids is 4. The first-order valence-corrected chi connectivity index (χ1v) is 19.2. The molecule has 3 amide bonds. The molecule has 1 aromatic heterocycles. The third-order valence-corrected chi connectivity index (χ3v) is 10.8. The number of hydrogen-bond acceptors (Lipinski definition) is 8. The van der Waals surface area contributed by atoms with Crippen molar-refractivity contribution in [1.82, 2.24) is 10.2 Å². The minimum absolute atomic E-state index is 0.127. The molecule has 0 saturated heterocycles. The topological polar surface area (TPSA) is 117 Å². The van der Waals surface area contributed by atoms with Gasteiger partial charge in [0.2, 0.25) is 5.91 Å². The van der Waals surface area contributed by atoms with Crippen LogP contribution in [0.1, 0.15) is 56.1 Å². The van der Waals surface area contributed by atoms with Crippen LogP contribution < -0.4 is 16.0 Å². The van der Waals surface area contributed by atoms with E-state index in [1.807, 2.05) is 24.3 Å². The third-order valence-electron chi connectivity index (χ3n) is 8.61. The quantitative estimate of drug-likeness (QED) is 0.0630. The SMILES string of the molecule is CCOC(=O)c1c(NC(=O)C(C)Sc2cccc(NC(=O)/C(=C/c3ccccc3F)NC(=O)c3ccccc3)c2)sc2c1CCN(Cc1ccccc1)C2. The highest BCUT2D eigenvalue weighted by Crippen LogP contribution is 2.39. The standard InChI is InChI=1S/C42H39FN4O5S2/c1-3-52-42(51)37-33-21-22-47(25-28-13-6-4-7-14-28)26-36(33)54-41(37)46-38(48)27(2)53-32-19-12-18-31(24-32)44-40(50)35(23-30-17-10-11-20-34(30)43)45-39(49)29-15-8-5-9-16-29/h4-20,23-24,27H,3,21-22,25-26H2,1-2H3,(H,44,50)(H,45,49)(H,46,48)/b35-23-. The number of ether oxygens (including phenoxy) is 1. The van der Waals surface area contributed by atoms with Crippen molar-refractivity contribution in [3.8, 4) is 0 Å². The van der Waals surface area contributed by atoms with Crippen LogP contribution in [0.2, 0.25) is 0 Å². The van der Waals surface area contributed by atoms with Crippen molar-refractivity contribution in [2.45, 2.75) is 43.5 Å². The van der Waals surface area contributed by atoms with Gasteiger partial charge in [0.25, 0.3) is 11.8 Å². The summed E-state index contributed by atoms with van der Waals surface area (Å²) < 4.78 is 20.0. The highest BCUT2D eigenvalue weighted by atomic mass is 32.2. The van der Waals surface area contributed by atoms with Gasteiger partial charge >= 0.3 is 5.97 Å². The maximum atomic E-state index is 14.6. The van der Waals surface area contributed by atoms with Gasteiger partial charge < -0.3 is 20.7 Å². The number of carbonyl (C=O) groups is 4. The van der Waals surface area contributed by atoms with Crippen LogP contribution in [0.3, 0.4) is 0 Å². The molecule has 12 heteroatoms. The number of thioether (sulfide) groups is 1. The molecule has 1 unspecified atom stereocenters. The number of rotatable bonds is 13. The molecule has 0 radical (unpaired) electrons. The Kier molecular flexibility index (Phi) is 12.7. The summed E-state index contributed by atoms with van der Waals surface area (Å²) in [6.45, 7) is 5.96. The van der Waals surface area contributed by atoms with Crippen LogP contribution >= 0.6 is 23.1 Å². The summed E-state index contributed by atoms with van der Waals surface area (Å²) in [4.78, 5) is 57.4. The summed E-state index contributed by atoms with van der Waals surface area (Å²) in [6.07, 6.45) is 1.95. The van der Waals surface area contributed by atoms with Gasteiger partial charge in [-0.1, -0.05) is 72.8 Å². The molecular weight excluding hydrogens is 724 g/mol. The van der Waals surface area contributed by atoms with Crippen LogP contribution in [0, 0.1) is 5.82 Å². The maximum Gasteiger partial charge on any atom is 0.341 e. The number of nitrogens with one attached hydrogen (secondary N) is 3. The van der Waals surface area contributed by atoms with E-state index in [9.17, 15) is 23.6 Å². The van der Waals surface area contributed by atoms with Crippen molar-refractivity contribution in [1.29, 1.82) is 0 Å². The molecule has 1 aliphatic rings. The lowest BCUT2D eigenvalue weighted by Crippen LogP contribution is -2.30. The summed E-state index contributed by atoms with van der Waals surface area (Å²) in [5, 5.41) is 8.30. The predicted octanol–water partition coefficient (Wildman–Crippen LogP) is 8.15. The van der Waals surface area contributed by atoms with Gasteiger partial charge in [-0.15, -0.1) is 23.1 Å². The first kappa shape index (κ1) is 38.2. The number of thiophene rings is 1. The van der Waals surface area contributed by atoms with Gasteiger partial charge in [0.15, 0.2) is 0 Å². The Morgan fingerprint density at radius 2 is 1.65 bits per heavy atom. The lowest BCUT2D eigenvalue weighted by molar-refractivity contribution is -0.115.